The van der Waals surface area contributed by atoms with Gasteiger partial charge in [0.05, 0.1) is 0 Å². The molecule has 0 saturated carbocycles. The van der Waals surface area contributed by atoms with Crippen molar-refractivity contribution in [3.05, 3.63) is 30.1 Å². The van der Waals surface area contributed by atoms with Gasteiger partial charge in [-0.3, -0.25) is 9.88 Å². The van der Waals surface area contributed by atoms with Gasteiger partial charge in [-0.25, -0.2) is 4.79 Å². The van der Waals surface area contributed by atoms with Gasteiger partial charge in [0.25, 0.3) is 0 Å². The third-order valence-electron chi connectivity index (χ3n) is 3.94. The van der Waals surface area contributed by atoms with Crippen LogP contribution >= 0.6 is 0 Å². The van der Waals surface area contributed by atoms with Crippen LogP contribution in [0.25, 0.3) is 0 Å². The van der Waals surface area contributed by atoms with E-state index in [0.717, 1.165) is 32.7 Å². The Morgan fingerprint density at radius 1 is 1.40 bits per heavy atom. The van der Waals surface area contributed by atoms with E-state index in [1.807, 2.05) is 35.9 Å². The van der Waals surface area contributed by atoms with Crippen LogP contribution in [0.3, 0.4) is 0 Å². The number of likely N-dealkylation sites (N-methyl/N-ethyl adjacent to an activating group) is 1. The molecule has 110 valence electrons. The maximum absolute atomic E-state index is 12.1. The number of likely N-dealkylation sites (tertiary alicyclic amines) is 1. The minimum Gasteiger partial charge on any atom is -0.325 e. The number of nitrogens with zero attached hydrogens (tertiary/aromatic N) is 4. The van der Waals surface area contributed by atoms with Crippen molar-refractivity contribution in [2.24, 2.45) is 0 Å². The highest BCUT2D eigenvalue weighted by atomic mass is 16.2. The number of aromatic nitrogens is 1. The summed E-state index contributed by atoms with van der Waals surface area (Å²) >= 11 is 0. The largest absolute Gasteiger partial charge is 0.325 e. The first-order valence-electron chi connectivity index (χ1n) is 7.28. The fraction of sp³-hybridized carbons (Fsp3) is 0.600. The molecule has 1 aliphatic rings. The lowest BCUT2D eigenvalue weighted by Crippen LogP contribution is -2.62. The zero-order valence-corrected chi connectivity index (χ0v) is 12.6. The number of carbonyl (C=O) groups excluding carboxylic acids is 1. The summed E-state index contributed by atoms with van der Waals surface area (Å²) in [6.45, 7) is 8.13. The Balaban J connectivity index is 1.79. The average molecular weight is 276 g/mol. The molecule has 0 radical (unpaired) electrons. The number of amides is 2. The minimum atomic E-state index is 0.168. The van der Waals surface area contributed by atoms with Gasteiger partial charge in [0, 0.05) is 51.2 Å². The van der Waals surface area contributed by atoms with E-state index in [2.05, 4.69) is 23.0 Å². The molecule has 0 spiro atoms. The van der Waals surface area contributed by atoms with Gasteiger partial charge in [-0.15, -0.1) is 0 Å². The second kappa shape index (κ2) is 6.70. The standard InChI is InChI=1S/C15H24N4O/c1-4-18(5-2)15(20)19-11-14(12-19)17(3)10-13-7-6-8-16-9-13/h6-9,14H,4-5,10-12H2,1-3H3. The third kappa shape index (κ3) is 3.28. The molecule has 5 heteroatoms. The summed E-state index contributed by atoms with van der Waals surface area (Å²) in [5.74, 6) is 0. The zero-order valence-electron chi connectivity index (χ0n) is 12.6. The molecule has 0 bridgehead atoms. The highest BCUT2D eigenvalue weighted by Gasteiger charge is 2.34. The van der Waals surface area contributed by atoms with Crippen LogP contribution in [0.2, 0.25) is 0 Å². The van der Waals surface area contributed by atoms with Gasteiger partial charge in [0.1, 0.15) is 0 Å². The van der Waals surface area contributed by atoms with Crippen LogP contribution < -0.4 is 0 Å². The molecular formula is C15H24N4O. The van der Waals surface area contributed by atoms with E-state index in [4.69, 9.17) is 0 Å². The van der Waals surface area contributed by atoms with Crippen LogP contribution in [0.4, 0.5) is 4.79 Å². The molecule has 0 unspecified atom stereocenters. The summed E-state index contributed by atoms with van der Waals surface area (Å²) in [6, 6.07) is 4.66. The quantitative estimate of drug-likeness (QED) is 0.821. The van der Waals surface area contributed by atoms with Gasteiger partial charge in [0.2, 0.25) is 0 Å². The molecule has 1 aromatic rings. The lowest BCUT2D eigenvalue weighted by molar-refractivity contribution is 0.0533. The Bertz CT molecular complexity index is 427. The fourth-order valence-corrected chi connectivity index (χ4v) is 2.49. The minimum absolute atomic E-state index is 0.168. The fourth-order valence-electron chi connectivity index (χ4n) is 2.49. The van der Waals surface area contributed by atoms with Crippen molar-refractivity contribution in [2.45, 2.75) is 26.4 Å². The van der Waals surface area contributed by atoms with Crippen molar-refractivity contribution in [3.8, 4) is 0 Å². The Labute approximate surface area is 121 Å². The summed E-state index contributed by atoms with van der Waals surface area (Å²) in [6.07, 6.45) is 3.69. The predicted molar refractivity (Wildman–Crippen MR) is 79.4 cm³/mol. The lowest BCUT2D eigenvalue weighted by atomic mass is 10.1. The molecule has 2 amide bonds. The topological polar surface area (TPSA) is 39.7 Å². The SMILES string of the molecule is CCN(CC)C(=O)N1CC(N(C)Cc2cccnc2)C1. The smallest absolute Gasteiger partial charge is 0.320 e. The van der Waals surface area contributed by atoms with Crippen molar-refractivity contribution >= 4 is 6.03 Å². The Hall–Kier alpha value is -1.62. The van der Waals surface area contributed by atoms with Gasteiger partial charge in [-0.2, -0.15) is 0 Å². The molecule has 5 nitrogen and oxygen atoms in total. The van der Waals surface area contributed by atoms with Gasteiger partial charge < -0.3 is 9.80 Å². The Kier molecular flexibility index (Phi) is 4.95. The van der Waals surface area contributed by atoms with E-state index >= 15 is 0 Å². The summed E-state index contributed by atoms with van der Waals surface area (Å²) < 4.78 is 0. The Morgan fingerprint density at radius 3 is 2.65 bits per heavy atom. The van der Waals surface area contributed by atoms with Crippen LogP contribution in [-0.4, -0.2) is 65.0 Å². The Morgan fingerprint density at radius 2 is 2.10 bits per heavy atom. The number of hydrogen-bond donors (Lipinski definition) is 0. The number of pyridine rings is 1. The second-order valence-corrected chi connectivity index (χ2v) is 5.29. The van der Waals surface area contributed by atoms with Crippen molar-refractivity contribution in [1.29, 1.82) is 0 Å². The maximum Gasteiger partial charge on any atom is 0.320 e. The third-order valence-corrected chi connectivity index (χ3v) is 3.94. The number of rotatable bonds is 5. The maximum atomic E-state index is 12.1. The first-order chi connectivity index (χ1) is 9.65. The molecule has 0 N–H and O–H groups in total. The van der Waals surface area contributed by atoms with Crippen molar-refractivity contribution in [2.75, 3.05) is 33.2 Å². The molecule has 2 heterocycles. The molecule has 20 heavy (non-hydrogen) atoms. The predicted octanol–water partition coefficient (Wildman–Crippen LogP) is 1.66. The molecule has 2 rings (SSSR count). The molecule has 1 aliphatic heterocycles. The van der Waals surface area contributed by atoms with Crippen LogP contribution in [0, 0.1) is 0 Å². The molecule has 1 aromatic heterocycles. The van der Waals surface area contributed by atoms with Gasteiger partial charge in [-0.05, 0) is 32.5 Å². The highest BCUT2D eigenvalue weighted by Crippen LogP contribution is 2.17. The van der Waals surface area contributed by atoms with Gasteiger partial charge in [-0.1, -0.05) is 6.07 Å². The van der Waals surface area contributed by atoms with E-state index in [9.17, 15) is 4.79 Å². The van der Waals surface area contributed by atoms with Gasteiger partial charge in [0.15, 0.2) is 0 Å². The van der Waals surface area contributed by atoms with Crippen LogP contribution in [0.5, 0.6) is 0 Å². The van der Waals surface area contributed by atoms with E-state index in [0.29, 0.717) is 6.04 Å². The van der Waals surface area contributed by atoms with Crippen LogP contribution in [0.1, 0.15) is 19.4 Å². The second-order valence-electron chi connectivity index (χ2n) is 5.29. The molecule has 1 saturated heterocycles. The number of hydrogen-bond acceptors (Lipinski definition) is 3. The average Bonchev–Trinajstić information content (AvgIpc) is 2.39. The molecule has 0 aromatic carbocycles. The highest BCUT2D eigenvalue weighted by molar-refractivity contribution is 5.75. The molecule has 0 aliphatic carbocycles. The lowest BCUT2D eigenvalue weighted by Gasteiger charge is -2.45. The number of urea groups is 1. The summed E-state index contributed by atoms with van der Waals surface area (Å²) in [7, 11) is 2.11. The van der Waals surface area contributed by atoms with E-state index in [1.165, 1.54) is 5.56 Å². The molecule has 0 atom stereocenters. The molecule has 1 fully saturated rings. The first-order valence-corrected chi connectivity index (χ1v) is 7.28. The first kappa shape index (κ1) is 14.8. The van der Waals surface area contributed by atoms with Crippen LogP contribution in [-0.2, 0) is 6.54 Å². The summed E-state index contributed by atoms with van der Waals surface area (Å²) in [5, 5.41) is 0. The van der Waals surface area contributed by atoms with E-state index in [-0.39, 0.29) is 6.03 Å². The summed E-state index contributed by atoms with van der Waals surface area (Å²) in [5.41, 5.74) is 1.21. The molecular weight excluding hydrogens is 252 g/mol. The monoisotopic (exact) mass is 276 g/mol. The van der Waals surface area contributed by atoms with Crippen molar-refractivity contribution in [1.82, 2.24) is 19.7 Å². The van der Waals surface area contributed by atoms with E-state index in [1.54, 1.807) is 6.20 Å². The normalized spacial score (nSPS) is 15.3. The number of carbonyl (C=O) groups is 1. The van der Waals surface area contributed by atoms with Crippen molar-refractivity contribution < 1.29 is 4.79 Å². The van der Waals surface area contributed by atoms with Crippen LogP contribution in [0.15, 0.2) is 24.5 Å². The summed E-state index contributed by atoms with van der Waals surface area (Å²) in [4.78, 5) is 22.4. The van der Waals surface area contributed by atoms with Crippen molar-refractivity contribution in [3.63, 3.8) is 0 Å². The zero-order chi connectivity index (χ0) is 14.5. The van der Waals surface area contributed by atoms with E-state index < -0.39 is 0 Å². The van der Waals surface area contributed by atoms with Gasteiger partial charge >= 0.3 is 6.03 Å².